The van der Waals surface area contributed by atoms with E-state index in [4.69, 9.17) is 15.1 Å². The number of rotatable bonds is 4. The predicted molar refractivity (Wildman–Crippen MR) is 74.3 cm³/mol. The van der Waals surface area contributed by atoms with Gasteiger partial charge in [-0.15, -0.1) is 0 Å². The molecule has 0 unspecified atom stereocenters. The molecule has 0 fully saturated rings. The lowest BCUT2D eigenvalue weighted by atomic mass is 10.2. The maximum absolute atomic E-state index is 13.7. The van der Waals surface area contributed by atoms with Crippen molar-refractivity contribution in [2.75, 3.05) is 0 Å². The predicted octanol–water partition coefficient (Wildman–Crippen LogP) is 3.59. The molecule has 0 aliphatic rings. The number of benzene rings is 2. The Labute approximate surface area is 120 Å². The molecule has 0 aromatic heterocycles. The highest BCUT2D eigenvalue weighted by Gasteiger charge is 2.06. The number of nitrogens with zero attached hydrogens (tertiary/aromatic N) is 1. The van der Waals surface area contributed by atoms with Crippen LogP contribution in [0.2, 0.25) is 0 Å². The first kappa shape index (κ1) is 14.3. The molecular weight excluding hydrogens is 273 g/mol. The van der Waals surface area contributed by atoms with Crippen LogP contribution in [0.1, 0.15) is 11.1 Å². The van der Waals surface area contributed by atoms with Crippen molar-refractivity contribution in [2.24, 2.45) is 0 Å². The third kappa shape index (κ3) is 3.91. The van der Waals surface area contributed by atoms with Gasteiger partial charge in [0.05, 0.1) is 11.6 Å². The minimum Gasteiger partial charge on any atom is -0.478 e. The summed E-state index contributed by atoms with van der Waals surface area (Å²) in [5.74, 6) is -1.33. The average Bonchev–Trinajstić information content (AvgIpc) is 2.47. The fraction of sp³-hybridized carbons (Fsp3) is 0. The Morgan fingerprint density at radius 3 is 2.76 bits per heavy atom. The molecule has 5 heteroatoms. The molecular formula is C16H10FNO3. The van der Waals surface area contributed by atoms with E-state index in [1.807, 2.05) is 6.07 Å². The zero-order chi connectivity index (χ0) is 15.2. The van der Waals surface area contributed by atoms with E-state index in [0.717, 1.165) is 12.1 Å². The van der Waals surface area contributed by atoms with Crippen molar-refractivity contribution in [3.8, 4) is 17.6 Å². The molecule has 0 bridgehead atoms. The van der Waals surface area contributed by atoms with Gasteiger partial charge < -0.3 is 9.84 Å². The molecule has 0 atom stereocenters. The second-order valence-corrected chi connectivity index (χ2v) is 4.10. The molecule has 0 aliphatic heterocycles. The molecule has 1 N–H and O–H groups in total. The van der Waals surface area contributed by atoms with Crippen LogP contribution in [0.4, 0.5) is 4.39 Å². The van der Waals surface area contributed by atoms with Crippen molar-refractivity contribution in [3.05, 3.63) is 65.5 Å². The highest BCUT2D eigenvalue weighted by atomic mass is 19.1. The van der Waals surface area contributed by atoms with Gasteiger partial charge in [-0.1, -0.05) is 12.1 Å². The average molecular weight is 283 g/mol. The topological polar surface area (TPSA) is 70.3 Å². The lowest BCUT2D eigenvalue weighted by Crippen LogP contribution is -1.90. The van der Waals surface area contributed by atoms with Crippen LogP contribution in [-0.2, 0) is 4.79 Å². The van der Waals surface area contributed by atoms with Gasteiger partial charge in [0.25, 0.3) is 0 Å². The van der Waals surface area contributed by atoms with Gasteiger partial charge in [-0.25, -0.2) is 9.18 Å². The van der Waals surface area contributed by atoms with Gasteiger partial charge in [0.1, 0.15) is 5.75 Å². The molecule has 0 amide bonds. The normalized spacial score (nSPS) is 10.3. The van der Waals surface area contributed by atoms with Crippen LogP contribution >= 0.6 is 0 Å². The van der Waals surface area contributed by atoms with Crippen LogP contribution in [0.3, 0.4) is 0 Å². The van der Waals surface area contributed by atoms with Gasteiger partial charge in [0.15, 0.2) is 11.6 Å². The smallest absolute Gasteiger partial charge is 0.328 e. The van der Waals surface area contributed by atoms with Crippen LogP contribution in [0.5, 0.6) is 11.5 Å². The van der Waals surface area contributed by atoms with Gasteiger partial charge in [0.2, 0.25) is 0 Å². The van der Waals surface area contributed by atoms with E-state index in [1.165, 1.54) is 18.2 Å². The summed E-state index contributed by atoms with van der Waals surface area (Å²) in [6.07, 6.45) is 2.41. The minimum atomic E-state index is -1.06. The maximum atomic E-state index is 13.7. The van der Waals surface area contributed by atoms with E-state index in [2.05, 4.69) is 0 Å². The summed E-state index contributed by atoms with van der Waals surface area (Å²) in [5, 5.41) is 17.2. The summed E-state index contributed by atoms with van der Waals surface area (Å²) >= 11 is 0. The number of carbonyl (C=O) groups is 1. The molecule has 0 aliphatic carbocycles. The summed E-state index contributed by atoms with van der Waals surface area (Å²) < 4.78 is 19.1. The second-order valence-electron chi connectivity index (χ2n) is 4.10. The van der Waals surface area contributed by atoms with Gasteiger partial charge >= 0.3 is 5.97 Å². The van der Waals surface area contributed by atoms with Crippen molar-refractivity contribution < 1.29 is 19.0 Å². The first-order valence-electron chi connectivity index (χ1n) is 5.97. The highest BCUT2D eigenvalue weighted by molar-refractivity contribution is 5.85. The molecule has 0 spiro atoms. The molecule has 0 heterocycles. The standard InChI is InChI=1S/C16H10FNO3/c17-14-9-12(10-18)4-6-15(14)21-13-3-1-2-11(8-13)5-7-16(19)20/h1-9H,(H,19,20)/b7-5+. The number of carboxylic acid groups (broad SMARTS) is 1. The third-order valence-corrected chi connectivity index (χ3v) is 2.57. The fourth-order valence-electron chi connectivity index (χ4n) is 1.63. The first-order chi connectivity index (χ1) is 10.1. The molecule has 0 saturated carbocycles. The summed E-state index contributed by atoms with van der Waals surface area (Å²) in [5.41, 5.74) is 0.821. The van der Waals surface area contributed by atoms with Crippen molar-refractivity contribution in [1.82, 2.24) is 0 Å². The third-order valence-electron chi connectivity index (χ3n) is 2.57. The number of nitriles is 1. The SMILES string of the molecule is N#Cc1ccc(Oc2cccc(/C=C/C(=O)O)c2)c(F)c1. The zero-order valence-corrected chi connectivity index (χ0v) is 10.8. The molecule has 104 valence electrons. The Morgan fingerprint density at radius 1 is 1.29 bits per heavy atom. The molecule has 0 saturated heterocycles. The highest BCUT2D eigenvalue weighted by Crippen LogP contribution is 2.26. The van der Waals surface area contributed by atoms with Crippen LogP contribution in [-0.4, -0.2) is 11.1 Å². The van der Waals surface area contributed by atoms with E-state index in [1.54, 1.807) is 24.3 Å². The van der Waals surface area contributed by atoms with Crippen molar-refractivity contribution >= 4 is 12.0 Å². The molecule has 2 rings (SSSR count). The molecule has 4 nitrogen and oxygen atoms in total. The van der Waals surface area contributed by atoms with Crippen molar-refractivity contribution in [3.63, 3.8) is 0 Å². The Hall–Kier alpha value is -3.13. The van der Waals surface area contributed by atoms with Gasteiger partial charge in [-0.3, -0.25) is 0 Å². The van der Waals surface area contributed by atoms with Crippen molar-refractivity contribution in [1.29, 1.82) is 5.26 Å². The van der Waals surface area contributed by atoms with Gasteiger partial charge in [0, 0.05) is 6.08 Å². The number of ether oxygens (including phenoxy) is 1. The second kappa shape index (κ2) is 6.35. The quantitative estimate of drug-likeness (QED) is 0.870. The monoisotopic (exact) mass is 283 g/mol. The number of carboxylic acids is 1. The lowest BCUT2D eigenvalue weighted by molar-refractivity contribution is -0.131. The number of halogens is 1. The largest absolute Gasteiger partial charge is 0.478 e. The number of aliphatic carboxylic acids is 1. The van der Waals surface area contributed by atoms with Crippen molar-refractivity contribution in [2.45, 2.75) is 0 Å². The maximum Gasteiger partial charge on any atom is 0.328 e. The summed E-state index contributed by atoms with van der Waals surface area (Å²) in [7, 11) is 0. The summed E-state index contributed by atoms with van der Waals surface area (Å²) in [4.78, 5) is 10.5. The van der Waals surface area contributed by atoms with Gasteiger partial charge in [-0.2, -0.15) is 5.26 Å². The summed E-state index contributed by atoms with van der Waals surface area (Å²) in [6, 6.07) is 12.3. The molecule has 2 aromatic carbocycles. The van der Waals surface area contributed by atoms with Crippen LogP contribution in [0, 0.1) is 17.1 Å². The molecule has 0 radical (unpaired) electrons. The number of hydrogen-bond acceptors (Lipinski definition) is 3. The van der Waals surface area contributed by atoms with Crippen LogP contribution in [0.25, 0.3) is 6.08 Å². The van der Waals surface area contributed by atoms with E-state index in [-0.39, 0.29) is 11.3 Å². The van der Waals surface area contributed by atoms with E-state index in [0.29, 0.717) is 11.3 Å². The van der Waals surface area contributed by atoms with Crippen LogP contribution in [0.15, 0.2) is 48.5 Å². The van der Waals surface area contributed by atoms with E-state index in [9.17, 15) is 9.18 Å². The molecule has 21 heavy (non-hydrogen) atoms. The Kier molecular flexibility index (Phi) is 4.32. The first-order valence-corrected chi connectivity index (χ1v) is 5.97. The van der Waals surface area contributed by atoms with E-state index >= 15 is 0 Å². The van der Waals surface area contributed by atoms with E-state index < -0.39 is 11.8 Å². The molecule has 2 aromatic rings. The lowest BCUT2D eigenvalue weighted by Gasteiger charge is -2.07. The fourth-order valence-corrected chi connectivity index (χ4v) is 1.63. The Bertz CT molecular complexity index is 747. The Balaban J connectivity index is 2.22. The van der Waals surface area contributed by atoms with Gasteiger partial charge in [-0.05, 0) is 42.0 Å². The zero-order valence-electron chi connectivity index (χ0n) is 10.8. The Morgan fingerprint density at radius 2 is 2.10 bits per heavy atom. The summed E-state index contributed by atoms with van der Waals surface area (Å²) in [6.45, 7) is 0. The number of hydrogen-bond donors (Lipinski definition) is 1. The van der Waals surface area contributed by atoms with Crippen LogP contribution < -0.4 is 4.74 Å². The minimum absolute atomic E-state index is 0.00614.